The SMILES string of the molecule is N#Cc1ccc(OP(=O)(O)CNS(=O)(=O)c2cc3cc(OCCNC(=O)c4cccc(O)c4)c(OCCCC(=O)c4cccc(O)c4)cc3s2)cc1F. The molecule has 14 nitrogen and oxygen atoms in total. The van der Waals surface area contributed by atoms with Crippen molar-refractivity contribution in [1.29, 1.82) is 5.26 Å². The molecular weight excluding hydrogens is 753 g/mol. The Bertz CT molecular complexity index is 2260. The van der Waals surface area contributed by atoms with E-state index in [1.54, 1.807) is 18.2 Å². The summed E-state index contributed by atoms with van der Waals surface area (Å²) in [6.07, 6.45) is -0.656. The first-order valence-electron chi connectivity index (χ1n) is 15.7. The van der Waals surface area contributed by atoms with Crippen molar-refractivity contribution in [2.75, 3.05) is 26.0 Å². The van der Waals surface area contributed by atoms with Crippen LogP contribution >= 0.6 is 18.9 Å². The zero-order valence-electron chi connectivity index (χ0n) is 27.5. The zero-order chi connectivity index (χ0) is 38.2. The predicted molar refractivity (Wildman–Crippen MR) is 192 cm³/mol. The molecule has 1 aromatic heterocycles. The molecule has 0 aliphatic rings. The van der Waals surface area contributed by atoms with Crippen LogP contribution in [0.2, 0.25) is 0 Å². The van der Waals surface area contributed by atoms with Crippen molar-refractivity contribution in [3.8, 4) is 34.8 Å². The maximum absolute atomic E-state index is 13.9. The lowest BCUT2D eigenvalue weighted by Crippen LogP contribution is -2.28. The summed E-state index contributed by atoms with van der Waals surface area (Å²) in [7, 11) is -9.04. The minimum atomic E-state index is -4.67. The van der Waals surface area contributed by atoms with E-state index in [2.05, 4.69) is 5.32 Å². The summed E-state index contributed by atoms with van der Waals surface area (Å²) in [5.41, 5.74) is 0.273. The fourth-order valence-corrected chi connectivity index (χ4v) is 8.73. The molecule has 5 rings (SSSR count). The Morgan fingerprint density at radius 3 is 2.28 bits per heavy atom. The molecule has 0 saturated heterocycles. The number of carbonyl (C=O) groups is 2. The lowest BCUT2D eigenvalue weighted by atomic mass is 10.1. The molecule has 53 heavy (non-hydrogen) atoms. The Hall–Kier alpha value is -5.50. The van der Waals surface area contributed by atoms with Crippen LogP contribution in [0.1, 0.15) is 39.1 Å². The van der Waals surface area contributed by atoms with Gasteiger partial charge in [0, 0.05) is 34.4 Å². The second-order valence-electron chi connectivity index (χ2n) is 11.3. The number of phenols is 2. The third-order valence-corrected chi connectivity index (χ3v) is 11.6. The molecule has 0 aliphatic heterocycles. The Morgan fingerprint density at radius 2 is 1.58 bits per heavy atom. The smallest absolute Gasteiger partial charge is 0.391 e. The summed E-state index contributed by atoms with van der Waals surface area (Å²) < 4.78 is 72.0. The minimum absolute atomic E-state index is 0.0336. The molecule has 5 N–H and O–H groups in total. The molecule has 5 aromatic rings. The minimum Gasteiger partial charge on any atom is -0.508 e. The van der Waals surface area contributed by atoms with Gasteiger partial charge >= 0.3 is 7.60 Å². The van der Waals surface area contributed by atoms with E-state index in [1.807, 2.05) is 4.72 Å². The van der Waals surface area contributed by atoms with Gasteiger partial charge in [-0.15, -0.1) is 11.3 Å². The zero-order valence-corrected chi connectivity index (χ0v) is 30.0. The molecule has 0 aliphatic carbocycles. The van der Waals surface area contributed by atoms with Crippen LogP contribution in [0.15, 0.2) is 89.1 Å². The normalized spacial score (nSPS) is 12.4. The van der Waals surface area contributed by atoms with E-state index in [-0.39, 0.29) is 76.0 Å². The molecule has 4 aromatic carbocycles. The van der Waals surface area contributed by atoms with Gasteiger partial charge in [0.1, 0.15) is 46.2 Å². The first-order valence-corrected chi connectivity index (χ1v) is 19.7. The van der Waals surface area contributed by atoms with Crippen molar-refractivity contribution in [1.82, 2.24) is 10.0 Å². The van der Waals surface area contributed by atoms with Crippen LogP contribution < -0.4 is 24.0 Å². The van der Waals surface area contributed by atoms with Gasteiger partial charge in [0.05, 0.1) is 18.7 Å². The van der Waals surface area contributed by atoms with Gasteiger partial charge in [0.25, 0.3) is 15.9 Å². The Morgan fingerprint density at radius 1 is 0.906 bits per heavy atom. The van der Waals surface area contributed by atoms with E-state index in [4.69, 9.17) is 19.3 Å². The maximum Gasteiger partial charge on any atom is 0.391 e. The van der Waals surface area contributed by atoms with Crippen LogP contribution in [0.25, 0.3) is 10.1 Å². The number of Topliss-reactive ketones (excluding diaryl/α,β-unsaturated/α-hetero) is 1. The molecule has 1 unspecified atom stereocenters. The van der Waals surface area contributed by atoms with Crippen LogP contribution in [0, 0.1) is 17.1 Å². The van der Waals surface area contributed by atoms with Gasteiger partial charge < -0.3 is 34.4 Å². The number of nitrogens with one attached hydrogen (secondary N) is 2. The van der Waals surface area contributed by atoms with Crippen LogP contribution in [-0.4, -0.2) is 61.3 Å². The van der Waals surface area contributed by atoms with E-state index in [0.29, 0.717) is 22.1 Å². The second kappa shape index (κ2) is 16.9. The van der Waals surface area contributed by atoms with E-state index < -0.39 is 35.6 Å². The number of aromatic hydroxyl groups is 2. The molecular formula is C35H31FN3O11PS2. The summed E-state index contributed by atoms with van der Waals surface area (Å²) in [5.74, 6) is -1.72. The topological polar surface area (TPSA) is 222 Å². The Labute approximate surface area is 306 Å². The second-order valence-corrected chi connectivity index (χ2v) is 16.1. The highest BCUT2D eigenvalue weighted by Crippen LogP contribution is 2.43. The van der Waals surface area contributed by atoms with Gasteiger partial charge in [0.2, 0.25) is 0 Å². The average molecular weight is 784 g/mol. The first-order chi connectivity index (χ1) is 25.2. The highest BCUT2D eigenvalue weighted by atomic mass is 32.2. The monoisotopic (exact) mass is 783 g/mol. The number of rotatable bonds is 17. The lowest BCUT2D eigenvalue weighted by Gasteiger charge is -2.14. The van der Waals surface area contributed by atoms with Gasteiger partial charge in [0.15, 0.2) is 17.3 Å². The molecule has 0 spiro atoms. The van der Waals surface area contributed by atoms with Crippen LogP contribution in [-0.2, 0) is 14.6 Å². The quantitative estimate of drug-likeness (QED) is 0.0437. The average Bonchev–Trinajstić information content (AvgIpc) is 3.55. The number of carbonyl (C=O) groups excluding carboxylic acids is 2. The van der Waals surface area contributed by atoms with Crippen molar-refractivity contribution in [3.63, 3.8) is 0 Å². The third kappa shape index (κ3) is 10.5. The summed E-state index contributed by atoms with van der Waals surface area (Å²) >= 11 is 0.828. The molecule has 0 radical (unpaired) electrons. The number of ether oxygens (including phenoxy) is 2. The number of benzene rings is 4. The van der Waals surface area contributed by atoms with Crippen LogP contribution in [0.4, 0.5) is 4.39 Å². The number of halogens is 1. The van der Waals surface area contributed by atoms with Crippen LogP contribution in [0.5, 0.6) is 28.7 Å². The molecule has 0 fully saturated rings. The number of nitriles is 1. The Balaban J connectivity index is 1.28. The van der Waals surface area contributed by atoms with Gasteiger partial charge in [-0.05, 0) is 66.4 Å². The molecule has 276 valence electrons. The Kier molecular flexibility index (Phi) is 12.3. The molecule has 18 heteroatoms. The van der Waals surface area contributed by atoms with Crippen LogP contribution in [0.3, 0.4) is 0 Å². The molecule has 0 bridgehead atoms. The summed E-state index contributed by atoms with van der Waals surface area (Å²) in [6, 6.07) is 20.6. The standard InChI is InChI=1S/C35H31FN3O11PS2/c36-29-18-28(10-9-24(29)20-37)50-51(44,45)21-39-53(46,47)34-17-25-16-31(49-13-11-38-35(43)23-5-2-7-27(41)15-23)32(19-33(25)52-34)48-12-3-8-30(42)22-4-1-6-26(40)14-22/h1-2,4-7,9-10,14-19,39-41H,3,8,11-13,21H2,(H,38,43)(H,44,45). The highest BCUT2D eigenvalue weighted by Gasteiger charge is 2.27. The number of nitrogens with zero attached hydrogens (tertiary/aromatic N) is 1. The largest absolute Gasteiger partial charge is 0.508 e. The molecule has 1 amide bonds. The predicted octanol–water partition coefficient (Wildman–Crippen LogP) is 5.67. The summed E-state index contributed by atoms with van der Waals surface area (Å²) in [6.45, 7) is 0.0812. The number of fused-ring (bicyclic) bond motifs is 1. The molecule has 1 atom stereocenters. The van der Waals surface area contributed by atoms with E-state index in [9.17, 15) is 42.1 Å². The number of sulfonamides is 1. The molecule has 0 saturated carbocycles. The number of ketones is 1. The number of hydrogen-bond acceptors (Lipinski definition) is 12. The van der Waals surface area contributed by atoms with Gasteiger partial charge in [-0.1, -0.05) is 18.2 Å². The summed E-state index contributed by atoms with van der Waals surface area (Å²) in [5, 5.41) is 31.3. The van der Waals surface area contributed by atoms with Crippen molar-refractivity contribution in [3.05, 3.63) is 107 Å². The number of phenolic OH excluding ortho intramolecular Hbond substituents is 2. The number of amides is 1. The van der Waals surface area contributed by atoms with Crippen molar-refractivity contribution >= 4 is 50.7 Å². The summed E-state index contributed by atoms with van der Waals surface area (Å²) in [4.78, 5) is 35.3. The van der Waals surface area contributed by atoms with Gasteiger partial charge in [-0.3, -0.25) is 9.59 Å². The fourth-order valence-electron chi connectivity index (χ4n) is 4.77. The fraction of sp³-hybridized carbons (Fsp3) is 0.171. The van der Waals surface area contributed by atoms with E-state index in [1.165, 1.54) is 54.6 Å². The first kappa shape index (κ1) is 38.7. The van der Waals surface area contributed by atoms with Crippen molar-refractivity contribution in [2.24, 2.45) is 0 Å². The maximum atomic E-state index is 13.9. The lowest BCUT2D eigenvalue weighted by molar-refractivity contribution is 0.0943. The third-order valence-electron chi connectivity index (χ3n) is 7.32. The van der Waals surface area contributed by atoms with Gasteiger partial charge in [-0.2, -0.15) is 9.98 Å². The molecule has 1 heterocycles. The van der Waals surface area contributed by atoms with Gasteiger partial charge in [-0.25, -0.2) is 17.4 Å². The van der Waals surface area contributed by atoms with E-state index in [0.717, 1.165) is 29.5 Å². The number of hydrogen-bond donors (Lipinski definition) is 5. The van der Waals surface area contributed by atoms with Crippen molar-refractivity contribution < 1.29 is 56.1 Å². The van der Waals surface area contributed by atoms with Crippen molar-refractivity contribution in [2.45, 2.75) is 17.1 Å². The van der Waals surface area contributed by atoms with E-state index >= 15 is 0 Å². The highest BCUT2D eigenvalue weighted by molar-refractivity contribution is 7.92. The number of thiophene rings is 1.